The Morgan fingerprint density at radius 2 is 1.76 bits per heavy atom. The number of carboxylic acid groups (broad SMARTS) is 1. The van der Waals surface area contributed by atoms with E-state index < -0.39 is 5.97 Å². The molecule has 5 heteroatoms. The lowest BCUT2D eigenvalue weighted by Crippen LogP contribution is -2.03. The summed E-state index contributed by atoms with van der Waals surface area (Å²) in [5.74, 6) is -0.495. The average Bonchev–Trinajstić information content (AvgIpc) is 2.52. The molecule has 2 rings (SSSR count). The summed E-state index contributed by atoms with van der Waals surface area (Å²) in [5.41, 5.74) is 1.70. The van der Waals surface area contributed by atoms with Gasteiger partial charge in [0, 0.05) is 18.0 Å². The smallest absolute Gasteiger partial charge is 0.373 e. The molecule has 0 aliphatic carbocycles. The Morgan fingerprint density at radius 3 is 2.33 bits per heavy atom. The molecule has 21 heavy (non-hydrogen) atoms. The number of unbranched alkanes of at least 4 members (excludes halogenated alkanes) is 2. The van der Waals surface area contributed by atoms with Crippen LogP contribution >= 0.6 is 0 Å². The number of aromatic carboxylic acids is 1. The predicted octanol–water partition coefficient (Wildman–Crippen LogP) is 3.41. The van der Waals surface area contributed by atoms with E-state index in [1.807, 2.05) is 24.3 Å². The highest BCUT2D eigenvalue weighted by atomic mass is 16.5. The molecule has 1 aromatic carbocycles. The molecule has 0 bridgehead atoms. The van der Waals surface area contributed by atoms with Gasteiger partial charge in [0.1, 0.15) is 5.75 Å². The van der Waals surface area contributed by atoms with Gasteiger partial charge in [0.15, 0.2) is 0 Å². The zero-order chi connectivity index (χ0) is 15.1. The zero-order valence-corrected chi connectivity index (χ0v) is 12.0. The monoisotopic (exact) mass is 286 g/mol. The van der Waals surface area contributed by atoms with Gasteiger partial charge in [-0.15, -0.1) is 0 Å². The van der Waals surface area contributed by atoms with Gasteiger partial charge in [0.2, 0.25) is 5.82 Å². The fourth-order valence-corrected chi connectivity index (χ4v) is 1.87. The second-order valence-electron chi connectivity index (χ2n) is 4.68. The molecule has 1 aromatic heterocycles. The van der Waals surface area contributed by atoms with E-state index in [-0.39, 0.29) is 5.82 Å². The normalized spacial score (nSPS) is 10.3. The van der Waals surface area contributed by atoms with Crippen LogP contribution in [0.1, 0.15) is 36.8 Å². The van der Waals surface area contributed by atoms with Crippen LogP contribution in [0.25, 0.3) is 11.1 Å². The number of benzene rings is 1. The first-order valence-electron chi connectivity index (χ1n) is 6.99. The highest BCUT2D eigenvalue weighted by molar-refractivity contribution is 5.83. The Hall–Kier alpha value is -2.43. The van der Waals surface area contributed by atoms with Gasteiger partial charge in [-0.25, -0.2) is 14.8 Å². The Kier molecular flexibility index (Phi) is 5.26. The maximum absolute atomic E-state index is 10.7. The van der Waals surface area contributed by atoms with E-state index in [2.05, 4.69) is 16.9 Å². The van der Waals surface area contributed by atoms with Crippen LogP contribution in [0.3, 0.4) is 0 Å². The van der Waals surface area contributed by atoms with E-state index >= 15 is 0 Å². The summed E-state index contributed by atoms with van der Waals surface area (Å²) in [6.45, 7) is 2.89. The molecule has 110 valence electrons. The Balaban J connectivity index is 1.99. The summed E-state index contributed by atoms with van der Waals surface area (Å²) in [7, 11) is 0. The molecule has 0 fully saturated rings. The summed E-state index contributed by atoms with van der Waals surface area (Å²) in [4.78, 5) is 18.3. The van der Waals surface area contributed by atoms with Crippen LogP contribution in [0, 0.1) is 0 Å². The Bertz CT molecular complexity index is 579. The average molecular weight is 286 g/mol. The van der Waals surface area contributed by atoms with Gasteiger partial charge in [0.25, 0.3) is 0 Å². The van der Waals surface area contributed by atoms with Gasteiger partial charge >= 0.3 is 5.97 Å². The molecule has 0 unspecified atom stereocenters. The third kappa shape index (κ3) is 4.27. The molecular formula is C16H18N2O3. The van der Waals surface area contributed by atoms with Gasteiger partial charge < -0.3 is 9.84 Å². The largest absolute Gasteiger partial charge is 0.494 e. The predicted molar refractivity (Wildman–Crippen MR) is 79.4 cm³/mol. The van der Waals surface area contributed by atoms with Crippen molar-refractivity contribution in [2.24, 2.45) is 0 Å². The number of carbonyl (C=O) groups is 1. The lowest BCUT2D eigenvalue weighted by molar-refractivity contribution is 0.0683. The SMILES string of the molecule is CCCCCOc1ccc(-c2cnc(C(=O)O)nc2)cc1. The fraction of sp³-hybridized carbons (Fsp3) is 0.312. The third-order valence-corrected chi connectivity index (χ3v) is 3.05. The number of nitrogens with zero attached hydrogens (tertiary/aromatic N) is 2. The summed E-state index contributed by atoms with van der Waals surface area (Å²) >= 11 is 0. The van der Waals surface area contributed by atoms with Crippen LogP contribution in [0.4, 0.5) is 0 Å². The Labute approximate surface area is 123 Å². The molecule has 0 amide bonds. The van der Waals surface area contributed by atoms with Crippen LogP contribution in [-0.4, -0.2) is 27.7 Å². The second kappa shape index (κ2) is 7.38. The van der Waals surface area contributed by atoms with E-state index in [0.717, 1.165) is 29.9 Å². The Morgan fingerprint density at radius 1 is 1.10 bits per heavy atom. The van der Waals surface area contributed by atoms with E-state index in [9.17, 15) is 4.79 Å². The van der Waals surface area contributed by atoms with Crippen molar-refractivity contribution in [1.82, 2.24) is 9.97 Å². The number of rotatable bonds is 7. The van der Waals surface area contributed by atoms with Crippen molar-refractivity contribution in [3.63, 3.8) is 0 Å². The standard InChI is InChI=1S/C16H18N2O3/c1-2-3-4-9-21-14-7-5-12(6-8-14)13-10-17-15(16(19)20)18-11-13/h5-8,10-11H,2-4,9H2,1H3,(H,19,20). The van der Waals surface area contributed by atoms with Crippen LogP contribution in [0.15, 0.2) is 36.7 Å². The van der Waals surface area contributed by atoms with Crippen molar-refractivity contribution in [1.29, 1.82) is 0 Å². The maximum atomic E-state index is 10.7. The molecule has 1 N–H and O–H groups in total. The molecule has 0 saturated carbocycles. The topological polar surface area (TPSA) is 72.3 Å². The van der Waals surface area contributed by atoms with Gasteiger partial charge in [-0.1, -0.05) is 31.9 Å². The molecule has 0 saturated heterocycles. The first-order valence-corrected chi connectivity index (χ1v) is 6.99. The summed E-state index contributed by atoms with van der Waals surface area (Å²) < 4.78 is 5.64. The highest BCUT2D eigenvalue weighted by Crippen LogP contribution is 2.21. The zero-order valence-electron chi connectivity index (χ0n) is 12.0. The van der Waals surface area contributed by atoms with Crippen molar-refractivity contribution in [2.45, 2.75) is 26.2 Å². The minimum absolute atomic E-state index is 0.199. The minimum Gasteiger partial charge on any atom is -0.494 e. The molecule has 0 spiro atoms. The molecule has 2 aromatic rings. The van der Waals surface area contributed by atoms with Crippen molar-refractivity contribution >= 4 is 5.97 Å². The minimum atomic E-state index is -1.13. The maximum Gasteiger partial charge on any atom is 0.373 e. The van der Waals surface area contributed by atoms with E-state index in [4.69, 9.17) is 9.84 Å². The number of aromatic nitrogens is 2. The molecule has 1 heterocycles. The lowest BCUT2D eigenvalue weighted by atomic mass is 10.1. The van der Waals surface area contributed by atoms with Crippen LogP contribution < -0.4 is 4.74 Å². The van der Waals surface area contributed by atoms with Gasteiger partial charge in [-0.3, -0.25) is 0 Å². The van der Waals surface area contributed by atoms with E-state index in [1.165, 1.54) is 25.2 Å². The molecular weight excluding hydrogens is 268 g/mol. The third-order valence-electron chi connectivity index (χ3n) is 3.05. The van der Waals surface area contributed by atoms with Gasteiger partial charge in [-0.05, 0) is 24.1 Å². The van der Waals surface area contributed by atoms with Crippen molar-refractivity contribution in [3.8, 4) is 16.9 Å². The quantitative estimate of drug-likeness (QED) is 0.790. The van der Waals surface area contributed by atoms with Crippen LogP contribution in [0.5, 0.6) is 5.75 Å². The van der Waals surface area contributed by atoms with Crippen molar-refractivity contribution in [3.05, 3.63) is 42.5 Å². The van der Waals surface area contributed by atoms with Gasteiger partial charge in [-0.2, -0.15) is 0 Å². The van der Waals surface area contributed by atoms with Crippen LogP contribution in [0.2, 0.25) is 0 Å². The fourth-order valence-electron chi connectivity index (χ4n) is 1.87. The second-order valence-corrected chi connectivity index (χ2v) is 4.68. The van der Waals surface area contributed by atoms with E-state index in [0.29, 0.717) is 0 Å². The summed E-state index contributed by atoms with van der Waals surface area (Å²) in [6, 6.07) is 7.61. The molecule has 0 radical (unpaired) electrons. The van der Waals surface area contributed by atoms with Crippen molar-refractivity contribution in [2.75, 3.05) is 6.61 Å². The summed E-state index contributed by atoms with van der Waals surface area (Å²) in [5, 5.41) is 8.76. The highest BCUT2D eigenvalue weighted by Gasteiger charge is 2.06. The van der Waals surface area contributed by atoms with Gasteiger partial charge in [0.05, 0.1) is 6.61 Å². The first kappa shape index (κ1) is 15.0. The number of hydrogen-bond donors (Lipinski definition) is 1. The number of carboxylic acids is 1. The van der Waals surface area contributed by atoms with Crippen molar-refractivity contribution < 1.29 is 14.6 Å². The molecule has 0 aliphatic heterocycles. The van der Waals surface area contributed by atoms with Crippen LogP contribution in [-0.2, 0) is 0 Å². The molecule has 5 nitrogen and oxygen atoms in total. The first-order chi connectivity index (χ1) is 10.2. The number of ether oxygens (including phenoxy) is 1. The number of hydrogen-bond acceptors (Lipinski definition) is 4. The molecule has 0 aliphatic rings. The van der Waals surface area contributed by atoms with E-state index in [1.54, 1.807) is 0 Å². The lowest BCUT2D eigenvalue weighted by Gasteiger charge is -2.07. The molecule has 0 atom stereocenters. The summed E-state index contributed by atoms with van der Waals surface area (Å²) in [6.07, 6.45) is 6.42.